The predicted molar refractivity (Wildman–Crippen MR) is 103 cm³/mol. The van der Waals surface area contributed by atoms with E-state index in [0.717, 1.165) is 22.2 Å². The van der Waals surface area contributed by atoms with Gasteiger partial charge in [0.25, 0.3) is 11.1 Å². The summed E-state index contributed by atoms with van der Waals surface area (Å²) in [5, 5.41) is 10.7. The van der Waals surface area contributed by atoms with E-state index in [2.05, 4.69) is 0 Å². The molecule has 1 atom stereocenters. The summed E-state index contributed by atoms with van der Waals surface area (Å²) >= 11 is 0.761. The summed E-state index contributed by atoms with van der Waals surface area (Å²) in [4.78, 5) is 50.7. The summed E-state index contributed by atoms with van der Waals surface area (Å²) < 4.78 is 0. The van der Waals surface area contributed by atoms with Crippen molar-refractivity contribution in [1.82, 2.24) is 9.80 Å². The Balaban J connectivity index is 1.66. The van der Waals surface area contributed by atoms with Gasteiger partial charge in [-0.2, -0.15) is 0 Å². The van der Waals surface area contributed by atoms with Gasteiger partial charge in [-0.1, -0.05) is 42.5 Å². The van der Waals surface area contributed by atoms with Crippen molar-refractivity contribution in [2.75, 3.05) is 13.1 Å². The number of piperidine rings is 1. The molecule has 0 saturated carbocycles. The molecule has 8 heteroatoms. The number of thioether (sulfide) groups is 1. The molecule has 1 aromatic rings. The normalized spacial score (nSPS) is 21.7. The van der Waals surface area contributed by atoms with E-state index >= 15 is 0 Å². The Morgan fingerprint density at radius 3 is 2.64 bits per heavy atom. The van der Waals surface area contributed by atoms with Gasteiger partial charge in [0.15, 0.2) is 0 Å². The molecular formula is C20H19N2O5S-. The third kappa shape index (κ3) is 4.51. The van der Waals surface area contributed by atoms with Crippen LogP contribution in [-0.2, 0) is 14.4 Å². The van der Waals surface area contributed by atoms with Gasteiger partial charge in [-0.15, -0.1) is 0 Å². The number of hydrogen-bond acceptors (Lipinski definition) is 6. The molecule has 28 heavy (non-hydrogen) atoms. The third-order valence-electron chi connectivity index (χ3n) is 4.60. The number of nitrogens with zero attached hydrogens (tertiary/aromatic N) is 2. The van der Waals surface area contributed by atoms with E-state index in [9.17, 15) is 24.3 Å². The fourth-order valence-corrected chi connectivity index (χ4v) is 3.95. The van der Waals surface area contributed by atoms with E-state index in [1.54, 1.807) is 12.2 Å². The number of hydrogen-bond donors (Lipinski definition) is 0. The number of benzene rings is 1. The SMILES string of the molecule is O=C([O-])[C@@H]1CCCCN1C(=O)CN1C(=O)S/C(=C\C=C\c2ccccc2)C1=O. The molecule has 2 aliphatic heterocycles. The highest BCUT2D eigenvalue weighted by molar-refractivity contribution is 8.18. The van der Waals surface area contributed by atoms with Crippen LogP contribution in [0.4, 0.5) is 4.79 Å². The second-order valence-electron chi connectivity index (χ2n) is 6.48. The number of aliphatic carboxylic acids is 1. The average Bonchev–Trinajstić information content (AvgIpc) is 2.96. The number of carbonyl (C=O) groups is 4. The largest absolute Gasteiger partial charge is 0.548 e. The highest BCUT2D eigenvalue weighted by Gasteiger charge is 2.38. The summed E-state index contributed by atoms with van der Waals surface area (Å²) in [5.41, 5.74) is 0.951. The van der Waals surface area contributed by atoms with Crippen LogP contribution in [0.25, 0.3) is 6.08 Å². The Labute approximate surface area is 166 Å². The summed E-state index contributed by atoms with van der Waals surface area (Å²) in [7, 11) is 0. The molecule has 7 nitrogen and oxygen atoms in total. The molecule has 1 aromatic carbocycles. The summed E-state index contributed by atoms with van der Waals surface area (Å²) in [6.45, 7) is -0.183. The molecule has 0 spiro atoms. The molecule has 0 N–H and O–H groups in total. The highest BCUT2D eigenvalue weighted by atomic mass is 32.2. The average molecular weight is 399 g/mol. The monoisotopic (exact) mass is 399 g/mol. The van der Waals surface area contributed by atoms with E-state index < -0.39 is 35.6 Å². The Bertz CT molecular complexity index is 849. The van der Waals surface area contributed by atoms with Crippen molar-refractivity contribution in [2.24, 2.45) is 0 Å². The van der Waals surface area contributed by atoms with Crippen LogP contribution in [0.2, 0.25) is 0 Å². The van der Waals surface area contributed by atoms with Crippen LogP contribution in [-0.4, -0.2) is 52.0 Å². The van der Waals surface area contributed by atoms with E-state index in [-0.39, 0.29) is 11.4 Å². The number of carboxylic acids is 1. The fourth-order valence-electron chi connectivity index (χ4n) is 3.16. The van der Waals surface area contributed by atoms with Crippen LogP contribution in [0.5, 0.6) is 0 Å². The first-order valence-electron chi connectivity index (χ1n) is 8.95. The van der Waals surface area contributed by atoms with Crippen LogP contribution in [0.1, 0.15) is 24.8 Å². The van der Waals surface area contributed by atoms with Crippen molar-refractivity contribution in [3.8, 4) is 0 Å². The molecule has 146 valence electrons. The minimum absolute atomic E-state index is 0.222. The number of carbonyl (C=O) groups excluding carboxylic acids is 4. The van der Waals surface area contributed by atoms with Gasteiger partial charge in [0.1, 0.15) is 6.54 Å². The van der Waals surface area contributed by atoms with Crippen LogP contribution in [0, 0.1) is 0 Å². The van der Waals surface area contributed by atoms with Crippen molar-refractivity contribution >= 4 is 40.9 Å². The molecule has 0 aromatic heterocycles. The molecule has 3 amide bonds. The van der Waals surface area contributed by atoms with E-state index in [1.807, 2.05) is 30.3 Å². The summed E-state index contributed by atoms with van der Waals surface area (Å²) in [5.74, 6) is -2.42. The zero-order chi connectivity index (χ0) is 20.1. The zero-order valence-corrected chi connectivity index (χ0v) is 15.9. The molecule has 0 radical (unpaired) electrons. The van der Waals surface area contributed by atoms with Crippen molar-refractivity contribution in [3.63, 3.8) is 0 Å². The summed E-state index contributed by atoms with van der Waals surface area (Å²) in [6, 6.07) is 8.47. The van der Waals surface area contributed by atoms with Crippen molar-refractivity contribution < 1.29 is 24.3 Å². The Morgan fingerprint density at radius 2 is 1.93 bits per heavy atom. The van der Waals surface area contributed by atoms with Gasteiger partial charge >= 0.3 is 0 Å². The van der Waals surface area contributed by atoms with Crippen LogP contribution < -0.4 is 5.11 Å². The first-order valence-corrected chi connectivity index (χ1v) is 9.76. The molecule has 2 heterocycles. The van der Waals surface area contributed by atoms with Gasteiger partial charge < -0.3 is 14.8 Å². The maximum atomic E-state index is 12.5. The topological polar surface area (TPSA) is 97.8 Å². The number of amides is 3. The lowest BCUT2D eigenvalue weighted by molar-refractivity contribution is -0.312. The second-order valence-corrected chi connectivity index (χ2v) is 7.47. The first-order chi connectivity index (χ1) is 13.5. The lowest BCUT2D eigenvalue weighted by atomic mass is 10.0. The standard InChI is InChI=1S/C20H20N2O5S/c23-17(21-12-5-4-10-15(21)19(25)26)13-22-18(24)16(28-20(22)27)11-6-9-14-7-2-1-3-8-14/h1-3,6-9,11,15H,4-5,10,12-13H2,(H,25,26)/p-1/b9-6+,16-11-/t15-/m0/s1. The maximum Gasteiger partial charge on any atom is 0.294 e. The molecule has 0 aliphatic carbocycles. The van der Waals surface area contributed by atoms with Crippen molar-refractivity contribution in [2.45, 2.75) is 25.3 Å². The van der Waals surface area contributed by atoms with Gasteiger partial charge in [-0.05, 0) is 42.7 Å². The number of imide groups is 1. The Hall–Kier alpha value is -2.87. The molecule has 0 unspecified atom stereocenters. The van der Waals surface area contributed by atoms with Gasteiger partial charge in [0.05, 0.1) is 16.9 Å². The molecule has 2 saturated heterocycles. The van der Waals surface area contributed by atoms with Crippen LogP contribution in [0.15, 0.2) is 47.4 Å². The second kappa shape index (κ2) is 8.88. The molecule has 0 bridgehead atoms. The lowest BCUT2D eigenvalue weighted by Gasteiger charge is -2.36. The number of likely N-dealkylation sites (tertiary alicyclic amines) is 1. The number of carboxylic acid groups (broad SMARTS) is 1. The van der Waals surface area contributed by atoms with E-state index in [0.29, 0.717) is 19.3 Å². The van der Waals surface area contributed by atoms with Gasteiger partial charge in [-0.3, -0.25) is 19.3 Å². The van der Waals surface area contributed by atoms with Gasteiger partial charge in [-0.25, -0.2) is 0 Å². The van der Waals surface area contributed by atoms with E-state index in [1.165, 1.54) is 11.0 Å². The van der Waals surface area contributed by atoms with Crippen LogP contribution >= 0.6 is 11.8 Å². The lowest BCUT2D eigenvalue weighted by Crippen LogP contribution is -2.55. The molecule has 3 rings (SSSR count). The summed E-state index contributed by atoms with van der Waals surface area (Å²) in [6.07, 6.45) is 6.71. The van der Waals surface area contributed by atoms with E-state index in [4.69, 9.17) is 0 Å². The highest BCUT2D eigenvalue weighted by Crippen LogP contribution is 2.31. The fraction of sp³-hybridized carbons (Fsp3) is 0.300. The quantitative estimate of drug-likeness (QED) is 0.695. The minimum atomic E-state index is -1.31. The van der Waals surface area contributed by atoms with Crippen molar-refractivity contribution in [3.05, 3.63) is 53.0 Å². The molecule has 2 aliphatic rings. The minimum Gasteiger partial charge on any atom is -0.548 e. The molecular weight excluding hydrogens is 380 g/mol. The number of rotatable bonds is 5. The first kappa shape index (κ1) is 19.9. The van der Waals surface area contributed by atoms with Crippen LogP contribution in [0.3, 0.4) is 0 Å². The Morgan fingerprint density at radius 1 is 1.18 bits per heavy atom. The smallest absolute Gasteiger partial charge is 0.294 e. The van der Waals surface area contributed by atoms with Gasteiger partial charge in [0.2, 0.25) is 5.91 Å². The zero-order valence-electron chi connectivity index (χ0n) is 15.1. The Kier molecular flexibility index (Phi) is 6.30. The third-order valence-corrected chi connectivity index (χ3v) is 5.52. The molecule has 2 fully saturated rings. The predicted octanol–water partition coefficient (Wildman–Crippen LogP) is 1.41. The maximum absolute atomic E-state index is 12.5. The van der Waals surface area contributed by atoms with Gasteiger partial charge in [0, 0.05) is 6.54 Å². The van der Waals surface area contributed by atoms with Crippen molar-refractivity contribution in [1.29, 1.82) is 0 Å². The number of allylic oxidation sites excluding steroid dienone is 2.